The molecule has 3 aromatic rings. The Balaban J connectivity index is 0.00000140. The fourth-order valence-electron chi connectivity index (χ4n) is 3.32. The van der Waals surface area contributed by atoms with E-state index < -0.39 is 0 Å². The monoisotopic (exact) mass is 418 g/mol. The van der Waals surface area contributed by atoms with Gasteiger partial charge in [-0.3, -0.25) is 9.89 Å². The third-order valence-electron chi connectivity index (χ3n) is 4.75. The number of fused-ring (bicyclic) bond motifs is 1. The van der Waals surface area contributed by atoms with E-state index in [0.717, 1.165) is 47.4 Å². The van der Waals surface area contributed by atoms with Gasteiger partial charge in [0.05, 0.1) is 11.2 Å². The smallest absolute Gasteiger partial charge is 0.253 e. The molecule has 1 amide bonds. The van der Waals surface area contributed by atoms with Crippen molar-refractivity contribution in [3.05, 3.63) is 65.4 Å². The number of amides is 1. The topological polar surface area (TPSA) is 61.0 Å². The van der Waals surface area contributed by atoms with Crippen molar-refractivity contribution in [3.8, 4) is 0 Å². The van der Waals surface area contributed by atoms with Crippen LogP contribution in [0.1, 0.15) is 28.5 Å². The van der Waals surface area contributed by atoms with Gasteiger partial charge in [0.25, 0.3) is 5.91 Å². The van der Waals surface area contributed by atoms with Crippen molar-refractivity contribution in [1.82, 2.24) is 20.4 Å². The molecule has 1 fully saturated rings. The lowest BCUT2D eigenvalue weighted by molar-refractivity contribution is 0.0709. The van der Waals surface area contributed by atoms with Crippen molar-refractivity contribution < 1.29 is 4.79 Å². The normalized spacial score (nSPS) is 16.6. The number of piperazine rings is 1. The molecule has 148 valence electrons. The van der Waals surface area contributed by atoms with E-state index in [1.807, 2.05) is 59.5 Å². The second-order valence-corrected chi connectivity index (χ2v) is 6.72. The van der Waals surface area contributed by atoms with E-state index in [4.69, 9.17) is 0 Å². The first-order valence-electron chi connectivity index (χ1n) is 8.94. The molecule has 0 saturated carbocycles. The van der Waals surface area contributed by atoms with Gasteiger partial charge in [-0.05, 0) is 36.8 Å². The summed E-state index contributed by atoms with van der Waals surface area (Å²) in [5, 5.41) is 11.8. The zero-order chi connectivity index (χ0) is 17.9. The summed E-state index contributed by atoms with van der Waals surface area (Å²) in [6.45, 7) is 4.47. The molecule has 0 radical (unpaired) electrons. The van der Waals surface area contributed by atoms with Gasteiger partial charge in [-0.1, -0.05) is 36.4 Å². The average Bonchev–Trinajstić information content (AvgIpc) is 3.09. The molecule has 0 aliphatic carbocycles. The standard InChI is InChI=1S/C21H22N4O.2ClH/c1-15-14-25(13-12-22-15)21(26)17-9-6-16(7-10-17)8-11-20-18-4-2-3-5-19(18)23-24-20;;/h2-11,15,22H,12-14H2,1H3,(H,23,24);2*1H. The number of aromatic amines is 1. The first kappa shape index (κ1) is 22.0. The van der Waals surface area contributed by atoms with Gasteiger partial charge in [-0.2, -0.15) is 5.10 Å². The minimum absolute atomic E-state index is 0. The van der Waals surface area contributed by atoms with Gasteiger partial charge in [0, 0.05) is 36.6 Å². The lowest BCUT2D eigenvalue weighted by Gasteiger charge is -2.32. The number of carbonyl (C=O) groups excluding carboxylic acids is 1. The van der Waals surface area contributed by atoms with Crippen molar-refractivity contribution in [2.24, 2.45) is 0 Å². The lowest BCUT2D eigenvalue weighted by Crippen LogP contribution is -2.51. The summed E-state index contributed by atoms with van der Waals surface area (Å²) in [4.78, 5) is 14.5. The van der Waals surface area contributed by atoms with Gasteiger partial charge in [-0.25, -0.2) is 0 Å². The van der Waals surface area contributed by atoms with E-state index in [1.54, 1.807) is 0 Å². The molecular formula is C21H24Cl2N4O. The first-order valence-corrected chi connectivity index (χ1v) is 8.94. The molecule has 0 bridgehead atoms. The first-order chi connectivity index (χ1) is 12.7. The Morgan fingerprint density at radius 1 is 1.11 bits per heavy atom. The molecule has 1 unspecified atom stereocenters. The van der Waals surface area contributed by atoms with Gasteiger partial charge in [-0.15, -0.1) is 24.8 Å². The summed E-state index contributed by atoms with van der Waals surface area (Å²) in [6, 6.07) is 16.2. The van der Waals surface area contributed by atoms with Crippen LogP contribution in [0.3, 0.4) is 0 Å². The highest BCUT2D eigenvalue weighted by Gasteiger charge is 2.21. The van der Waals surface area contributed by atoms with Crippen molar-refractivity contribution in [2.75, 3.05) is 19.6 Å². The van der Waals surface area contributed by atoms with Crippen LogP contribution in [0.15, 0.2) is 48.5 Å². The molecule has 4 rings (SSSR count). The van der Waals surface area contributed by atoms with Crippen LogP contribution >= 0.6 is 24.8 Å². The second-order valence-electron chi connectivity index (χ2n) is 6.72. The molecule has 7 heteroatoms. The summed E-state index contributed by atoms with van der Waals surface area (Å²) in [5.74, 6) is 0.104. The van der Waals surface area contributed by atoms with E-state index in [-0.39, 0.29) is 30.7 Å². The summed E-state index contributed by atoms with van der Waals surface area (Å²) in [5.41, 5.74) is 3.72. The lowest BCUT2D eigenvalue weighted by atomic mass is 10.1. The Bertz CT molecular complexity index is 952. The van der Waals surface area contributed by atoms with Crippen molar-refractivity contribution in [1.29, 1.82) is 0 Å². The molecule has 2 N–H and O–H groups in total. The molecule has 28 heavy (non-hydrogen) atoms. The van der Waals surface area contributed by atoms with E-state index >= 15 is 0 Å². The number of H-pyrrole nitrogens is 1. The van der Waals surface area contributed by atoms with E-state index in [1.165, 1.54) is 0 Å². The highest BCUT2D eigenvalue weighted by molar-refractivity contribution is 5.95. The van der Waals surface area contributed by atoms with Gasteiger partial charge in [0.2, 0.25) is 0 Å². The molecule has 1 saturated heterocycles. The van der Waals surface area contributed by atoms with Crippen molar-refractivity contribution >= 4 is 53.8 Å². The van der Waals surface area contributed by atoms with Crippen LogP contribution in [0.25, 0.3) is 23.1 Å². The quantitative estimate of drug-likeness (QED) is 0.675. The molecule has 1 aliphatic rings. The number of aromatic nitrogens is 2. The number of benzene rings is 2. The van der Waals surface area contributed by atoms with Crippen LogP contribution in [-0.4, -0.2) is 46.7 Å². The third-order valence-corrected chi connectivity index (χ3v) is 4.75. The third kappa shape index (κ3) is 4.73. The molecule has 1 aliphatic heterocycles. The number of rotatable bonds is 3. The molecule has 0 spiro atoms. The molecular weight excluding hydrogens is 395 g/mol. The van der Waals surface area contributed by atoms with Gasteiger partial charge in [0.15, 0.2) is 0 Å². The fraction of sp³-hybridized carbons (Fsp3) is 0.238. The minimum atomic E-state index is 0. The maximum Gasteiger partial charge on any atom is 0.253 e. The fourth-order valence-corrected chi connectivity index (χ4v) is 3.32. The number of para-hydroxylation sites is 1. The van der Waals surface area contributed by atoms with Crippen LogP contribution in [0, 0.1) is 0 Å². The van der Waals surface area contributed by atoms with E-state index in [9.17, 15) is 4.79 Å². The Morgan fingerprint density at radius 2 is 1.86 bits per heavy atom. The van der Waals surface area contributed by atoms with Gasteiger partial charge < -0.3 is 10.2 Å². The molecule has 1 aromatic heterocycles. The molecule has 2 heterocycles. The molecule has 2 aromatic carbocycles. The maximum atomic E-state index is 12.6. The summed E-state index contributed by atoms with van der Waals surface area (Å²) >= 11 is 0. The number of nitrogens with one attached hydrogen (secondary N) is 2. The number of nitrogens with zero attached hydrogens (tertiary/aromatic N) is 2. The number of hydrogen-bond donors (Lipinski definition) is 2. The van der Waals surface area contributed by atoms with Gasteiger partial charge in [0.1, 0.15) is 0 Å². The van der Waals surface area contributed by atoms with E-state index in [2.05, 4.69) is 28.5 Å². The average molecular weight is 419 g/mol. The molecule has 1 atom stereocenters. The Kier molecular flexibility index (Phi) is 7.63. The summed E-state index contributed by atoms with van der Waals surface area (Å²) in [7, 11) is 0. The maximum absolute atomic E-state index is 12.6. The van der Waals surface area contributed by atoms with Crippen LogP contribution in [-0.2, 0) is 0 Å². The highest BCUT2D eigenvalue weighted by Crippen LogP contribution is 2.18. The van der Waals surface area contributed by atoms with Crippen LogP contribution in [0.5, 0.6) is 0 Å². The number of carbonyl (C=O) groups is 1. The Morgan fingerprint density at radius 3 is 2.61 bits per heavy atom. The van der Waals surface area contributed by atoms with Gasteiger partial charge >= 0.3 is 0 Å². The Labute approximate surface area is 177 Å². The van der Waals surface area contributed by atoms with Crippen LogP contribution < -0.4 is 5.32 Å². The molecule has 5 nitrogen and oxygen atoms in total. The second kappa shape index (κ2) is 9.73. The van der Waals surface area contributed by atoms with Crippen LogP contribution in [0.4, 0.5) is 0 Å². The zero-order valence-electron chi connectivity index (χ0n) is 15.6. The Hall–Kier alpha value is -2.34. The van der Waals surface area contributed by atoms with Crippen LogP contribution in [0.2, 0.25) is 0 Å². The SMILES string of the molecule is CC1CN(C(=O)c2ccc(C=Cc3n[nH]c4ccccc34)cc2)CCN1.Cl.Cl. The zero-order valence-corrected chi connectivity index (χ0v) is 17.2. The summed E-state index contributed by atoms with van der Waals surface area (Å²) in [6.07, 6.45) is 4.01. The largest absolute Gasteiger partial charge is 0.336 e. The van der Waals surface area contributed by atoms with Crippen molar-refractivity contribution in [3.63, 3.8) is 0 Å². The minimum Gasteiger partial charge on any atom is -0.336 e. The predicted molar refractivity (Wildman–Crippen MR) is 119 cm³/mol. The van der Waals surface area contributed by atoms with Crippen molar-refractivity contribution in [2.45, 2.75) is 13.0 Å². The number of hydrogen-bond acceptors (Lipinski definition) is 3. The predicted octanol–water partition coefficient (Wildman–Crippen LogP) is 4.01. The highest BCUT2D eigenvalue weighted by atomic mass is 35.5. The van der Waals surface area contributed by atoms with E-state index in [0.29, 0.717) is 6.04 Å². The number of halogens is 2. The summed E-state index contributed by atoms with van der Waals surface area (Å²) < 4.78 is 0.